The van der Waals surface area contributed by atoms with Gasteiger partial charge in [0.15, 0.2) is 0 Å². The average Bonchev–Trinajstić information content (AvgIpc) is 2.89. The van der Waals surface area contributed by atoms with Gasteiger partial charge in [0, 0.05) is 36.6 Å². The summed E-state index contributed by atoms with van der Waals surface area (Å²) in [6.07, 6.45) is 1.67. The van der Waals surface area contributed by atoms with Crippen LogP contribution in [-0.4, -0.2) is 42.1 Å². The highest BCUT2D eigenvalue weighted by molar-refractivity contribution is 5.96. The number of rotatable bonds is 8. The minimum absolute atomic E-state index is 0.164. The third kappa shape index (κ3) is 5.93. The molecule has 4 rings (SSSR count). The van der Waals surface area contributed by atoms with Crippen molar-refractivity contribution in [3.8, 4) is 0 Å². The summed E-state index contributed by atoms with van der Waals surface area (Å²) in [4.78, 5) is 30.7. The van der Waals surface area contributed by atoms with Crippen LogP contribution in [0.15, 0.2) is 66.9 Å². The topological polar surface area (TPSA) is 110 Å². The fraction of sp³-hybridized carbons (Fsp3) is 0.308. The first-order valence-electron chi connectivity index (χ1n) is 11.6. The van der Waals surface area contributed by atoms with Crippen molar-refractivity contribution in [3.05, 3.63) is 93.8 Å². The molecule has 35 heavy (non-hydrogen) atoms. The van der Waals surface area contributed by atoms with Gasteiger partial charge >= 0.3 is 0 Å². The Kier molecular flexibility index (Phi) is 7.57. The van der Waals surface area contributed by atoms with Crippen LogP contribution < -0.4 is 15.5 Å². The zero-order chi connectivity index (χ0) is 24.8. The summed E-state index contributed by atoms with van der Waals surface area (Å²) < 4.78 is 5.40. The van der Waals surface area contributed by atoms with Crippen molar-refractivity contribution in [2.75, 3.05) is 36.5 Å². The van der Waals surface area contributed by atoms with Gasteiger partial charge in [-0.3, -0.25) is 19.9 Å². The predicted octanol–water partition coefficient (Wildman–Crippen LogP) is 4.49. The Hall–Kier alpha value is -3.98. The fourth-order valence-electron chi connectivity index (χ4n) is 4.04. The second-order valence-electron chi connectivity index (χ2n) is 8.50. The van der Waals surface area contributed by atoms with Crippen LogP contribution in [-0.2, 0) is 4.74 Å². The lowest BCUT2D eigenvalue weighted by Crippen LogP contribution is -2.36. The lowest BCUT2D eigenvalue weighted by molar-refractivity contribution is -0.384. The third-order valence-electron chi connectivity index (χ3n) is 6.08. The highest BCUT2D eigenvalue weighted by Crippen LogP contribution is 2.29. The summed E-state index contributed by atoms with van der Waals surface area (Å²) in [5.74, 6) is -0.373. The molecule has 3 aromatic rings. The van der Waals surface area contributed by atoms with Gasteiger partial charge in [0.25, 0.3) is 11.6 Å². The number of nitrogens with zero attached hydrogens (tertiary/aromatic N) is 3. The molecule has 1 aliphatic heterocycles. The number of nitro groups is 1. The van der Waals surface area contributed by atoms with Gasteiger partial charge in [0.2, 0.25) is 0 Å². The lowest BCUT2D eigenvalue weighted by atomic mass is 10.1. The number of nitro benzene ring substituents is 1. The highest BCUT2D eigenvalue weighted by atomic mass is 16.6. The fourth-order valence-corrected chi connectivity index (χ4v) is 4.04. The van der Waals surface area contributed by atoms with Gasteiger partial charge in [0.05, 0.1) is 35.9 Å². The Morgan fingerprint density at radius 3 is 2.46 bits per heavy atom. The number of benzene rings is 2. The van der Waals surface area contributed by atoms with E-state index >= 15 is 0 Å². The molecule has 0 bridgehead atoms. The van der Waals surface area contributed by atoms with Gasteiger partial charge in [-0.25, -0.2) is 0 Å². The van der Waals surface area contributed by atoms with Crippen LogP contribution in [0, 0.1) is 10.1 Å². The van der Waals surface area contributed by atoms with Gasteiger partial charge < -0.3 is 20.3 Å². The molecular formula is C26H29N5O4. The molecule has 2 unspecified atom stereocenters. The first-order chi connectivity index (χ1) is 16.9. The average molecular weight is 476 g/mol. The molecule has 1 fully saturated rings. The number of anilines is 2. The molecule has 1 saturated heterocycles. The Morgan fingerprint density at radius 1 is 1.06 bits per heavy atom. The van der Waals surface area contributed by atoms with Crippen LogP contribution in [0.25, 0.3) is 0 Å². The number of pyridine rings is 1. The van der Waals surface area contributed by atoms with E-state index in [-0.39, 0.29) is 29.2 Å². The van der Waals surface area contributed by atoms with Crippen LogP contribution in [0.1, 0.15) is 47.5 Å². The lowest BCUT2D eigenvalue weighted by Gasteiger charge is -2.29. The minimum Gasteiger partial charge on any atom is -0.378 e. The highest BCUT2D eigenvalue weighted by Gasteiger charge is 2.21. The standard InChI is InChI=1S/C26H29N5O4/c1-18(20-6-9-22(10-7-20)30-13-15-35-16-14-30)29-26(32)21-8-11-24(25(17-21)31(33)34)28-19(2)23-5-3-4-12-27-23/h3-12,17-19,28H,13-16H2,1-2H3,(H,29,32). The van der Waals surface area contributed by atoms with Crippen molar-refractivity contribution in [3.63, 3.8) is 0 Å². The van der Waals surface area contributed by atoms with Crippen molar-refractivity contribution >= 4 is 23.0 Å². The third-order valence-corrected chi connectivity index (χ3v) is 6.08. The molecule has 2 N–H and O–H groups in total. The number of carbonyl (C=O) groups is 1. The normalized spacial score (nSPS) is 15.2. The van der Waals surface area contributed by atoms with Gasteiger partial charge in [0.1, 0.15) is 5.69 Å². The molecule has 2 heterocycles. The minimum atomic E-state index is -0.488. The van der Waals surface area contributed by atoms with Crippen LogP contribution in [0.4, 0.5) is 17.1 Å². The number of hydrogen-bond acceptors (Lipinski definition) is 7. The first kappa shape index (κ1) is 24.2. The Balaban J connectivity index is 1.44. The Morgan fingerprint density at radius 2 is 1.80 bits per heavy atom. The van der Waals surface area contributed by atoms with E-state index in [1.165, 1.54) is 6.07 Å². The second kappa shape index (κ2) is 11.0. The maximum absolute atomic E-state index is 12.9. The largest absolute Gasteiger partial charge is 0.378 e. The molecule has 0 radical (unpaired) electrons. The van der Waals surface area contributed by atoms with Gasteiger partial charge in [-0.2, -0.15) is 0 Å². The Bertz CT molecular complexity index is 1160. The Labute approximate surface area is 204 Å². The van der Waals surface area contributed by atoms with Crippen LogP contribution in [0.3, 0.4) is 0 Å². The van der Waals surface area contributed by atoms with Crippen molar-refractivity contribution in [2.45, 2.75) is 25.9 Å². The van der Waals surface area contributed by atoms with E-state index in [2.05, 4.69) is 20.5 Å². The van der Waals surface area contributed by atoms with E-state index in [1.54, 1.807) is 18.3 Å². The summed E-state index contributed by atoms with van der Waals surface area (Å²) in [6.45, 7) is 6.92. The molecule has 1 amide bonds. The molecule has 9 nitrogen and oxygen atoms in total. The number of ether oxygens (including phenoxy) is 1. The number of aromatic nitrogens is 1. The maximum atomic E-state index is 12.9. The summed E-state index contributed by atoms with van der Waals surface area (Å²) in [6, 6.07) is 17.5. The monoisotopic (exact) mass is 475 g/mol. The molecule has 182 valence electrons. The zero-order valence-electron chi connectivity index (χ0n) is 19.8. The zero-order valence-corrected chi connectivity index (χ0v) is 19.8. The number of morpholine rings is 1. The number of amides is 1. The first-order valence-corrected chi connectivity index (χ1v) is 11.6. The van der Waals surface area contributed by atoms with E-state index < -0.39 is 4.92 Å². The van der Waals surface area contributed by atoms with Gasteiger partial charge in [-0.05, 0) is 55.8 Å². The molecule has 0 aliphatic carbocycles. The number of hydrogen-bond donors (Lipinski definition) is 2. The van der Waals surface area contributed by atoms with Crippen molar-refractivity contribution in [2.24, 2.45) is 0 Å². The molecule has 1 aliphatic rings. The summed E-state index contributed by atoms with van der Waals surface area (Å²) in [5, 5.41) is 17.8. The van der Waals surface area contributed by atoms with Crippen molar-refractivity contribution in [1.29, 1.82) is 0 Å². The molecule has 0 spiro atoms. The molecular weight excluding hydrogens is 446 g/mol. The smallest absolute Gasteiger partial charge is 0.293 e. The second-order valence-corrected chi connectivity index (χ2v) is 8.50. The van der Waals surface area contributed by atoms with E-state index in [0.29, 0.717) is 5.69 Å². The van der Waals surface area contributed by atoms with Crippen molar-refractivity contribution < 1.29 is 14.5 Å². The van der Waals surface area contributed by atoms with Crippen LogP contribution in [0.2, 0.25) is 0 Å². The van der Waals surface area contributed by atoms with E-state index in [4.69, 9.17) is 4.74 Å². The maximum Gasteiger partial charge on any atom is 0.293 e. The van der Waals surface area contributed by atoms with Crippen molar-refractivity contribution in [1.82, 2.24) is 10.3 Å². The van der Waals surface area contributed by atoms with Gasteiger partial charge in [-0.1, -0.05) is 18.2 Å². The molecule has 1 aromatic heterocycles. The number of nitrogens with one attached hydrogen (secondary N) is 2. The van der Waals surface area contributed by atoms with Crippen LogP contribution in [0.5, 0.6) is 0 Å². The van der Waals surface area contributed by atoms with Gasteiger partial charge in [-0.15, -0.1) is 0 Å². The van der Waals surface area contributed by atoms with E-state index in [1.807, 2.05) is 56.3 Å². The van der Waals surface area contributed by atoms with Crippen LogP contribution >= 0.6 is 0 Å². The summed E-state index contributed by atoms with van der Waals surface area (Å²) >= 11 is 0. The number of carbonyl (C=O) groups excluding carboxylic acids is 1. The molecule has 9 heteroatoms. The predicted molar refractivity (Wildman–Crippen MR) is 135 cm³/mol. The molecule has 2 aromatic carbocycles. The summed E-state index contributed by atoms with van der Waals surface area (Å²) in [5.41, 5.74) is 3.22. The quantitative estimate of drug-likeness (QED) is 0.365. The molecule has 2 atom stereocenters. The van der Waals surface area contributed by atoms with E-state index in [0.717, 1.165) is 43.2 Å². The SMILES string of the molecule is CC(NC(=O)c1ccc(NC(C)c2ccccn2)c([N+](=O)[O-])c1)c1ccc(N2CCOCC2)cc1. The van der Waals surface area contributed by atoms with E-state index in [9.17, 15) is 14.9 Å². The molecule has 0 saturated carbocycles. The summed E-state index contributed by atoms with van der Waals surface area (Å²) in [7, 11) is 0.